The van der Waals surface area contributed by atoms with Crippen LogP contribution in [0.25, 0.3) is 0 Å². The average molecular weight is 504 g/mol. The van der Waals surface area contributed by atoms with Gasteiger partial charge in [0.2, 0.25) is 0 Å². The Morgan fingerprint density at radius 2 is 0.893 bits per heavy atom. The van der Waals surface area contributed by atoms with Crippen LogP contribution in [0.4, 0.5) is 0 Å². The topological polar surface area (TPSA) is 118 Å². The van der Waals surface area contributed by atoms with Crippen LogP contribution in [-0.2, 0) is 30.8 Å². The van der Waals surface area contributed by atoms with Gasteiger partial charge in [-0.1, -0.05) is 60.8 Å². The van der Waals surface area contributed by atoms with Crippen molar-refractivity contribution in [1.29, 1.82) is 0 Å². The van der Waals surface area contributed by atoms with Crippen LogP contribution in [0.2, 0.25) is 0 Å². The number of hydrogen-bond acceptors (Lipinski definition) is 5. The van der Waals surface area contributed by atoms with E-state index in [-0.39, 0.29) is 17.1 Å². The van der Waals surface area contributed by atoms with Gasteiger partial charge >= 0.3 is 17.1 Å². The molecule has 10 heteroatoms. The molecule has 6 nitrogen and oxygen atoms in total. The second kappa shape index (κ2) is 21.3. The van der Waals surface area contributed by atoms with Crippen LogP contribution in [0.5, 0.6) is 0 Å². The largest absolute Gasteiger partial charge is 2.00 e. The zero-order chi connectivity index (χ0) is 22.0. The molecule has 0 fully saturated rings. The minimum atomic E-state index is -2.94. The SMILES string of the molecule is CCCCP(=O)(O)CC.CCCCP(=O)([O-])CC.CCCCP(=O)([O-])CC.[Fe+2]. The summed E-state index contributed by atoms with van der Waals surface area (Å²) in [4.78, 5) is 30.6. The number of unbranched alkanes of at least 4 members (excludes halogenated alkanes) is 3. The van der Waals surface area contributed by atoms with E-state index in [0.717, 1.165) is 38.5 Å². The van der Waals surface area contributed by atoms with E-state index in [9.17, 15) is 23.5 Å². The molecule has 0 aliphatic rings. The van der Waals surface area contributed by atoms with Gasteiger partial charge in [0.15, 0.2) is 7.37 Å². The van der Waals surface area contributed by atoms with E-state index < -0.39 is 22.1 Å². The van der Waals surface area contributed by atoms with Crippen molar-refractivity contribution >= 4 is 22.1 Å². The first-order chi connectivity index (χ1) is 12.4. The molecule has 0 aliphatic heterocycles. The quantitative estimate of drug-likeness (QED) is 0.297. The van der Waals surface area contributed by atoms with E-state index in [1.54, 1.807) is 20.8 Å². The predicted molar refractivity (Wildman–Crippen MR) is 116 cm³/mol. The van der Waals surface area contributed by atoms with Gasteiger partial charge in [0.1, 0.15) is 0 Å². The summed E-state index contributed by atoms with van der Waals surface area (Å²) in [5, 5.41) is 0. The molecular weight excluding hydrogens is 461 g/mol. The molecule has 1 N–H and O–H groups in total. The zero-order valence-electron chi connectivity index (χ0n) is 18.7. The number of hydrogen-bond donors (Lipinski definition) is 1. The van der Waals surface area contributed by atoms with E-state index in [4.69, 9.17) is 4.89 Å². The van der Waals surface area contributed by atoms with Gasteiger partial charge in [0.25, 0.3) is 0 Å². The molecule has 0 saturated heterocycles. The predicted octanol–water partition coefficient (Wildman–Crippen LogP) is 4.96. The molecule has 0 saturated carbocycles. The van der Waals surface area contributed by atoms with Crippen molar-refractivity contribution in [3.8, 4) is 0 Å². The fraction of sp³-hybridized carbons (Fsp3) is 1.00. The maximum Gasteiger partial charge on any atom is 2.00 e. The Morgan fingerprint density at radius 1 is 0.607 bits per heavy atom. The molecule has 0 aromatic carbocycles. The van der Waals surface area contributed by atoms with Gasteiger partial charge in [0.05, 0.1) is 0 Å². The molecule has 0 bridgehead atoms. The minimum absolute atomic E-state index is 0. The van der Waals surface area contributed by atoms with E-state index in [1.807, 2.05) is 20.8 Å². The monoisotopic (exact) mass is 504 g/mol. The van der Waals surface area contributed by atoms with Crippen molar-refractivity contribution in [2.75, 3.05) is 37.0 Å². The molecular formula is C18H43FeO6P3. The maximum absolute atomic E-state index is 10.9. The van der Waals surface area contributed by atoms with Crippen LogP contribution in [0, 0.1) is 0 Å². The van der Waals surface area contributed by atoms with Gasteiger partial charge in [0, 0.05) is 27.1 Å². The summed E-state index contributed by atoms with van der Waals surface area (Å²) < 4.78 is 32.5. The third-order valence-corrected chi connectivity index (χ3v) is 9.95. The van der Waals surface area contributed by atoms with Crippen LogP contribution in [0.3, 0.4) is 0 Å². The van der Waals surface area contributed by atoms with Crippen molar-refractivity contribution in [2.24, 2.45) is 0 Å². The molecule has 0 amide bonds. The minimum Gasteiger partial charge on any atom is -0.799 e. The second-order valence-corrected chi connectivity index (χ2v) is 14.8. The smallest absolute Gasteiger partial charge is 0.799 e. The molecule has 0 rings (SSSR count). The molecule has 0 radical (unpaired) electrons. The van der Waals surface area contributed by atoms with Gasteiger partial charge in [-0.2, -0.15) is 0 Å². The van der Waals surface area contributed by atoms with E-state index in [0.29, 0.717) is 37.0 Å². The Hall–Kier alpha value is 1.09. The van der Waals surface area contributed by atoms with Crippen LogP contribution < -0.4 is 9.79 Å². The van der Waals surface area contributed by atoms with Crippen molar-refractivity contribution in [3.63, 3.8) is 0 Å². The summed E-state index contributed by atoms with van der Waals surface area (Å²) >= 11 is 0. The summed E-state index contributed by atoms with van der Waals surface area (Å²) in [6, 6.07) is 0. The van der Waals surface area contributed by atoms with Crippen LogP contribution >= 0.6 is 22.1 Å². The molecule has 174 valence electrons. The Morgan fingerprint density at radius 3 is 1.11 bits per heavy atom. The standard InChI is InChI=1S/3C6H15O2P.Fe/c3*1-3-5-6-9(7,8)4-2;/h3*3-6H2,1-2H3,(H,7,8);/q;;;+2/p-2. The molecule has 0 aliphatic carbocycles. The second-order valence-electron chi connectivity index (χ2n) is 6.66. The fourth-order valence-electron chi connectivity index (χ4n) is 1.68. The zero-order valence-corrected chi connectivity index (χ0v) is 22.5. The van der Waals surface area contributed by atoms with Crippen LogP contribution in [0.15, 0.2) is 0 Å². The normalized spacial score (nSPS) is 16.6. The molecule has 0 heterocycles. The third-order valence-electron chi connectivity index (χ3n) is 4.02. The first-order valence-corrected chi connectivity index (χ1v) is 16.3. The summed E-state index contributed by atoms with van der Waals surface area (Å²) in [5.41, 5.74) is 0. The fourth-order valence-corrected chi connectivity index (χ4v) is 5.03. The Labute approximate surface area is 184 Å². The Kier molecular flexibility index (Phi) is 27.8. The van der Waals surface area contributed by atoms with E-state index in [2.05, 4.69) is 0 Å². The molecule has 3 unspecified atom stereocenters. The van der Waals surface area contributed by atoms with Gasteiger partial charge in [-0.25, -0.2) is 0 Å². The van der Waals surface area contributed by atoms with Crippen molar-refractivity contribution in [3.05, 3.63) is 0 Å². The summed E-state index contributed by atoms with van der Waals surface area (Å²) in [7, 11) is -8.57. The van der Waals surface area contributed by atoms with E-state index in [1.165, 1.54) is 0 Å². The van der Waals surface area contributed by atoms with Gasteiger partial charge in [-0.15, -0.1) is 0 Å². The van der Waals surface area contributed by atoms with Crippen molar-refractivity contribution in [1.82, 2.24) is 0 Å². The Bertz CT molecular complexity index is 408. The molecule has 0 aromatic rings. The molecule has 0 aromatic heterocycles. The van der Waals surface area contributed by atoms with Crippen LogP contribution in [0.1, 0.15) is 80.1 Å². The van der Waals surface area contributed by atoms with Gasteiger partial charge < -0.3 is 23.8 Å². The first kappa shape index (κ1) is 36.5. The van der Waals surface area contributed by atoms with Crippen molar-refractivity contribution in [2.45, 2.75) is 80.1 Å². The van der Waals surface area contributed by atoms with Gasteiger partial charge in [-0.3, -0.25) is 4.57 Å². The maximum atomic E-state index is 10.9. The third kappa shape index (κ3) is 29.3. The molecule has 0 spiro atoms. The van der Waals surface area contributed by atoms with E-state index >= 15 is 0 Å². The molecule has 28 heavy (non-hydrogen) atoms. The van der Waals surface area contributed by atoms with Gasteiger partial charge in [-0.05, 0) is 43.9 Å². The molecule has 3 atom stereocenters. The Balaban J connectivity index is -0.000000152. The first-order valence-electron chi connectivity index (χ1n) is 10.3. The summed E-state index contributed by atoms with van der Waals surface area (Å²) in [6.45, 7) is 11.2. The summed E-state index contributed by atoms with van der Waals surface area (Å²) in [5.74, 6) is 0. The van der Waals surface area contributed by atoms with Crippen molar-refractivity contribution < 1.29 is 45.4 Å². The van der Waals surface area contributed by atoms with Crippen LogP contribution in [-0.4, -0.2) is 41.9 Å². The number of rotatable bonds is 12. The average Bonchev–Trinajstić information content (AvgIpc) is 2.64. The summed E-state index contributed by atoms with van der Waals surface area (Å²) in [6.07, 6.45) is 7.76.